The smallest absolute Gasteiger partial charge is 0.296 e. The summed E-state index contributed by atoms with van der Waals surface area (Å²) < 4.78 is 1.00. The van der Waals surface area contributed by atoms with Gasteiger partial charge in [0.05, 0.1) is 10.2 Å². The third-order valence-corrected chi connectivity index (χ3v) is 5.11. The van der Waals surface area contributed by atoms with Crippen molar-refractivity contribution in [3.63, 3.8) is 0 Å². The van der Waals surface area contributed by atoms with Gasteiger partial charge in [0.25, 0.3) is 0 Å². The maximum absolute atomic E-state index is 13.1. The molecule has 6 nitrogen and oxygen atoms in total. The number of hydrogen-bond donors (Lipinski definition) is 2. The van der Waals surface area contributed by atoms with Crippen molar-refractivity contribution in [2.45, 2.75) is 6.92 Å². The number of fused-ring (bicyclic) bond motifs is 1. The average molecular weight is 360 g/mol. The number of carbonyl (C=O) groups is 1. The summed E-state index contributed by atoms with van der Waals surface area (Å²) in [5.41, 5.74) is 3.12. The second-order valence-electron chi connectivity index (χ2n) is 5.73. The fourth-order valence-corrected chi connectivity index (χ4v) is 3.81. The Labute approximate surface area is 153 Å². The number of amides is 1. The van der Waals surface area contributed by atoms with Crippen LogP contribution in [0.5, 0.6) is 0 Å². The van der Waals surface area contributed by atoms with Gasteiger partial charge >= 0.3 is 11.0 Å². The highest BCUT2D eigenvalue weighted by Crippen LogP contribution is 2.25. The Morgan fingerprint density at radius 3 is 2.62 bits per heavy atom. The molecule has 26 heavy (non-hydrogen) atoms. The number of benzene rings is 2. The lowest BCUT2D eigenvalue weighted by Crippen LogP contribution is -3.04. The molecule has 1 aliphatic heterocycles. The van der Waals surface area contributed by atoms with E-state index in [1.54, 1.807) is 6.92 Å². The van der Waals surface area contributed by atoms with E-state index in [9.17, 15) is 4.79 Å². The van der Waals surface area contributed by atoms with E-state index in [0.29, 0.717) is 27.1 Å². The van der Waals surface area contributed by atoms with Crippen LogP contribution in [-0.2, 0) is 4.79 Å². The van der Waals surface area contributed by atoms with Gasteiger partial charge in [0.2, 0.25) is 0 Å². The van der Waals surface area contributed by atoms with Gasteiger partial charge in [-0.25, -0.2) is 4.79 Å². The SMILES string of the molecule is C/C(NC#N)=C1/C(=O)[NH+](c2nc3ccccc3s2)N=C1c1ccccc1. The monoisotopic (exact) mass is 360 g/mol. The van der Waals surface area contributed by atoms with Crippen molar-refractivity contribution in [2.24, 2.45) is 5.10 Å². The van der Waals surface area contributed by atoms with Gasteiger partial charge in [0, 0.05) is 11.3 Å². The first kappa shape index (κ1) is 16.1. The zero-order valence-corrected chi connectivity index (χ0v) is 14.7. The highest BCUT2D eigenvalue weighted by Gasteiger charge is 2.41. The van der Waals surface area contributed by atoms with Gasteiger partial charge in [-0.1, -0.05) is 63.9 Å². The van der Waals surface area contributed by atoms with Crippen LogP contribution >= 0.6 is 11.3 Å². The van der Waals surface area contributed by atoms with E-state index in [1.165, 1.54) is 11.3 Å². The molecule has 0 bridgehead atoms. The number of quaternary nitrogens is 1. The van der Waals surface area contributed by atoms with Crippen molar-refractivity contribution in [3.05, 3.63) is 71.4 Å². The Kier molecular flexibility index (Phi) is 4.05. The normalized spacial score (nSPS) is 18.5. The van der Waals surface area contributed by atoms with Crippen molar-refractivity contribution in [2.75, 3.05) is 0 Å². The maximum Gasteiger partial charge on any atom is 0.381 e. The lowest BCUT2D eigenvalue weighted by molar-refractivity contribution is -0.749. The fourth-order valence-electron chi connectivity index (χ4n) is 2.86. The molecule has 0 spiro atoms. The third-order valence-electron chi connectivity index (χ3n) is 4.06. The van der Waals surface area contributed by atoms with Crippen LogP contribution in [0.25, 0.3) is 10.2 Å². The van der Waals surface area contributed by atoms with Crippen molar-refractivity contribution < 1.29 is 9.80 Å². The molecule has 0 radical (unpaired) electrons. The summed E-state index contributed by atoms with van der Waals surface area (Å²) in [6.07, 6.45) is 1.88. The van der Waals surface area contributed by atoms with Crippen LogP contribution in [0.2, 0.25) is 0 Å². The summed E-state index contributed by atoms with van der Waals surface area (Å²) in [6, 6.07) is 17.2. The first-order valence-corrected chi connectivity index (χ1v) is 8.78. The highest BCUT2D eigenvalue weighted by molar-refractivity contribution is 7.21. The molecule has 0 saturated carbocycles. The van der Waals surface area contributed by atoms with Crippen LogP contribution < -0.4 is 10.3 Å². The Bertz CT molecular complexity index is 1070. The van der Waals surface area contributed by atoms with Gasteiger partial charge in [0.15, 0.2) is 6.19 Å². The Morgan fingerprint density at radius 2 is 1.88 bits per heavy atom. The summed E-state index contributed by atoms with van der Waals surface area (Å²) in [7, 11) is 0. The first-order chi connectivity index (χ1) is 12.7. The summed E-state index contributed by atoms with van der Waals surface area (Å²) in [6.45, 7) is 1.70. The molecule has 126 valence electrons. The van der Waals surface area contributed by atoms with E-state index in [-0.39, 0.29) is 5.91 Å². The maximum atomic E-state index is 13.1. The molecule has 2 N–H and O–H groups in total. The van der Waals surface area contributed by atoms with E-state index in [1.807, 2.05) is 60.8 Å². The number of aromatic nitrogens is 1. The largest absolute Gasteiger partial charge is 0.381 e. The molecule has 4 rings (SSSR count). The molecule has 0 aliphatic carbocycles. The molecular weight excluding hydrogens is 346 g/mol. The quantitative estimate of drug-likeness (QED) is 0.426. The molecule has 1 amide bonds. The van der Waals surface area contributed by atoms with Gasteiger partial charge in [0.1, 0.15) is 11.3 Å². The van der Waals surface area contributed by atoms with E-state index in [0.717, 1.165) is 15.8 Å². The molecular formula is C19H14N5OS+. The average Bonchev–Trinajstić information content (AvgIpc) is 3.23. The van der Waals surface area contributed by atoms with Crippen LogP contribution in [0.3, 0.4) is 0 Å². The number of rotatable bonds is 3. The van der Waals surface area contributed by atoms with Crippen molar-refractivity contribution in [3.8, 4) is 6.19 Å². The minimum Gasteiger partial charge on any atom is -0.296 e. The minimum absolute atomic E-state index is 0.219. The Hall–Kier alpha value is -3.34. The molecule has 1 atom stereocenters. The highest BCUT2D eigenvalue weighted by atomic mass is 32.1. The molecule has 0 fully saturated rings. The van der Waals surface area contributed by atoms with Gasteiger partial charge in [-0.15, -0.1) is 0 Å². The Morgan fingerprint density at radius 1 is 1.15 bits per heavy atom. The van der Waals surface area contributed by atoms with E-state index in [4.69, 9.17) is 5.26 Å². The van der Waals surface area contributed by atoms with Gasteiger partial charge in [-0.2, -0.15) is 10.2 Å². The predicted octanol–water partition coefficient (Wildman–Crippen LogP) is 2.10. The van der Waals surface area contributed by atoms with Crippen LogP contribution in [0.1, 0.15) is 12.5 Å². The van der Waals surface area contributed by atoms with Gasteiger partial charge in [-0.3, -0.25) is 5.32 Å². The topological polar surface area (TPSA) is 82.6 Å². The number of nitriles is 1. The summed E-state index contributed by atoms with van der Waals surface area (Å²) in [4.78, 5) is 17.6. The van der Waals surface area contributed by atoms with Crippen LogP contribution in [0.4, 0.5) is 5.13 Å². The summed E-state index contributed by atoms with van der Waals surface area (Å²) in [5, 5.41) is 17.0. The fraction of sp³-hybridized carbons (Fsp3) is 0.0526. The summed E-state index contributed by atoms with van der Waals surface area (Å²) in [5.74, 6) is -0.219. The minimum atomic E-state index is -0.219. The lowest BCUT2D eigenvalue weighted by atomic mass is 10.0. The molecule has 1 aliphatic rings. The van der Waals surface area contributed by atoms with Gasteiger partial charge in [-0.05, 0) is 19.1 Å². The van der Waals surface area contributed by atoms with Crippen molar-refractivity contribution in [1.82, 2.24) is 10.3 Å². The van der Waals surface area contributed by atoms with Gasteiger partial charge < -0.3 is 0 Å². The standard InChI is InChI=1S/C19H13N5OS/c1-12(21-11-20)16-17(13-7-3-2-4-8-13)23-24(18(16)25)19-22-14-9-5-6-10-15(14)26-19/h2-10,21H,1H3/p+1/b16-12-. The molecule has 0 saturated heterocycles. The van der Waals surface area contributed by atoms with Crippen LogP contribution in [0, 0.1) is 11.5 Å². The zero-order chi connectivity index (χ0) is 18.1. The lowest BCUT2D eigenvalue weighted by Gasteiger charge is -2.03. The molecule has 2 aromatic carbocycles. The van der Waals surface area contributed by atoms with E-state index < -0.39 is 0 Å². The second kappa shape index (κ2) is 6.52. The molecule has 1 unspecified atom stereocenters. The summed E-state index contributed by atoms with van der Waals surface area (Å²) >= 11 is 1.44. The first-order valence-electron chi connectivity index (χ1n) is 7.97. The third kappa shape index (κ3) is 2.67. The number of carbonyl (C=O) groups excluding carboxylic acids is 1. The van der Waals surface area contributed by atoms with Crippen LogP contribution in [-0.4, -0.2) is 16.6 Å². The molecule has 1 aromatic heterocycles. The predicted molar refractivity (Wildman–Crippen MR) is 99.7 cm³/mol. The van der Waals surface area contributed by atoms with E-state index in [2.05, 4.69) is 15.4 Å². The number of thiazole rings is 1. The number of nitrogens with zero attached hydrogens (tertiary/aromatic N) is 3. The molecule has 7 heteroatoms. The van der Waals surface area contributed by atoms with E-state index >= 15 is 0 Å². The van der Waals surface area contributed by atoms with Crippen molar-refractivity contribution >= 4 is 38.3 Å². The number of hydrogen-bond acceptors (Lipinski definition) is 6. The second-order valence-corrected chi connectivity index (χ2v) is 6.76. The van der Waals surface area contributed by atoms with Crippen LogP contribution in [0.15, 0.2) is 71.0 Å². The molecule has 2 heterocycles. The number of para-hydroxylation sites is 1. The number of allylic oxidation sites excluding steroid dienone is 1. The zero-order valence-electron chi connectivity index (χ0n) is 13.9. The number of nitrogens with one attached hydrogen (secondary N) is 2. The molecule has 3 aromatic rings. The van der Waals surface area contributed by atoms with Crippen molar-refractivity contribution in [1.29, 1.82) is 5.26 Å². The Balaban J connectivity index is 1.86.